The third-order valence-electron chi connectivity index (χ3n) is 4.59. The Bertz CT molecular complexity index is 727. The topological polar surface area (TPSA) is 38.3 Å². The molecule has 1 saturated heterocycles. The third kappa shape index (κ3) is 3.46. The fourth-order valence-electron chi connectivity index (χ4n) is 3.14. The van der Waals surface area contributed by atoms with Crippen LogP contribution in [-0.4, -0.2) is 25.7 Å². The maximum absolute atomic E-state index is 13.7. The highest BCUT2D eigenvalue weighted by Gasteiger charge is 2.35. The number of halogens is 2. The molecule has 1 aliphatic rings. The van der Waals surface area contributed by atoms with Gasteiger partial charge in [0.2, 0.25) is 0 Å². The minimum Gasteiger partial charge on any atom is -0.381 e. The highest BCUT2D eigenvalue weighted by Crippen LogP contribution is 2.34. The van der Waals surface area contributed by atoms with Crippen molar-refractivity contribution in [3.8, 4) is 0 Å². The summed E-state index contributed by atoms with van der Waals surface area (Å²) in [5.74, 6) is -1.32. The van der Waals surface area contributed by atoms with Crippen LogP contribution in [0.25, 0.3) is 0 Å². The summed E-state index contributed by atoms with van der Waals surface area (Å²) in [6.07, 6.45) is 1.35. The largest absolute Gasteiger partial charge is 0.381 e. The zero-order valence-corrected chi connectivity index (χ0v) is 13.2. The molecule has 0 aromatic heterocycles. The summed E-state index contributed by atoms with van der Waals surface area (Å²) in [6, 6.07) is 12.3. The molecule has 0 saturated carbocycles. The summed E-state index contributed by atoms with van der Waals surface area (Å²) in [4.78, 5) is 12.3. The zero-order valence-electron chi connectivity index (χ0n) is 13.2. The molecule has 5 heteroatoms. The molecule has 0 spiro atoms. The van der Waals surface area contributed by atoms with E-state index in [0.29, 0.717) is 32.6 Å². The van der Waals surface area contributed by atoms with Gasteiger partial charge in [-0.3, -0.25) is 4.79 Å². The fourth-order valence-corrected chi connectivity index (χ4v) is 3.14. The monoisotopic (exact) mass is 331 g/mol. The van der Waals surface area contributed by atoms with Crippen molar-refractivity contribution in [2.45, 2.75) is 18.3 Å². The van der Waals surface area contributed by atoms with E-state index in [1.807, 2.05) is 6.07 Å². The number of benzene rings is 2. The first kappa shape index (κ1) is 16.6. The molecule has 1 N–H and O–H groups in total. The maximum Gasteiger partial charge on any atom is 0.254 e. The minimum absolute atomic E-state index is 0.0129. The summed E-state index contributed by atoms with van der Waals surface area (Å²) in [6.45, 7) is 1.41. The molecule has 0 atom stereocenters. The molecule has 0 unspecified atom stereocenters. The molecule has 3 rings (SSSR count). The molecule has 0 bridgehead atoms. The van der Waals surface area contributed by atoms with Gasteiger partial charge in [0.05, 0.1) is 5.56 Å². The summed E-state index contributed by atoms with van der Waals surface area (Å²) in [7, 11) is 0. The SMILES string of the molecule is O=C(NCC1(c2cccc(F)c2)CCOCC1)c1ccccc1F. The second-order valence-electron chi connectivity index (χ2n) is 6.07. The molecule has 2 aromatic carbocycles. The van der Waals surface area contributed by atoms with E-state index in [1.165, 1.54) is 24.3 Å². The first-order valence-electron chi connectivity index (χ1n) is 7.97. The number of ether oxygens (including phenoxy) is 1. The van der Waals surface area contributed by atoms with Gasteiger partial charge in [0.15, 0.2) is 0 Å². The normalized spacial score (nSPS) is 16.6. The predicted octanol–water partition coefficient (Wildman–Crippen LogP) is 3.44. The van der Waals surface area contributed by atoms with Gasteiger partial charge in [-0.15, -0.1) is 0 Å². The summed E-state index contributed by atoms with van der Waals surface area (Å²) in [5.41, 5.74) is 0.444. The Kier molecular flexibility index (Phi) is 4.90. The van der Waals surface area contributed by atoms with Crippen molar-refractivity contribution >= 4 is 5.91 Å². The first-order chi connectivity index (χ1) is 11.6. The molecule has 1 fully saturated rings. The lowest BCUT2D eigenvalue weighted by Crippen LogP contribution is -2.44. The molecule has 3 nitrogen and oxygen atoms in total. The Morgan fingerprint density at radius 2 is 1.83 bits per heavy atom. The van der Waals surface area contributed by atoms with E-state index in [9.17, 15) is 13.6 Å². The van der Waals surface area contributed by atoms with Gasteiger partial charge in [0.25, 0.3) is 5.91 Å². The van der Waals surface area contributed by atoms with E-state index < -0.39 is 17.1 Å². The Balaban J connectivity index is 1.80. The van der Waals surface area contributed by atoms with Gasteiger partial charge < -0.3 is 10.1 Å². The van der Waals surface area contributed by atoms with Crippen molar-refractivity contribution in [1.82, 2.24) is 5.32 Å². The van der Waals surface area contributed by atoms with E-state index in [2.05, 4.69) is 5.32 Å². The van der Waals surface area contributed by atoms with Crippen molar-refractivity contribution in [2.24, 2.45) is 0 Å². The van der Waals surface area contributed by atoms with E-state index in [0.717, 1.165) is 5.56 Å². The molecular formula is C19H19F2NO2. The predicted molar refractivity (Wildman–Crippen MR) is 86.9 cm³/mol. The van der Waals surface area contributed by atoms with Gasteiger partial charge in [-0.05, 0) is 42.7 Å². The average molecular weight is 331 g/mol. The van der Waals surface area contributed by atoms with Crippen LogP contribution < -0.4 is 5.32 Å². The van der Waals surface area contributed by atoms with Crippen molar-refractivity contribution in [2.75, 3.05) is 19.8 Å². The van der Waals surface area contributed by atoms with Gasteiger partial charge in [-0.1, -0.05) is 24.3 Å². The van der Waals surface area contributed by atoms with Gasteiger partial charge in [-0.25, -0.2) is 8.78 Å². The summed E-state index contributed by atoms with van der Waals surface area (Å²) in [5, 5.41) is 2.81. The van der Waals surface area contributed by atoms with Crippen LogP contribution in [0.15, 0.2) is 48.5 Å². The van der Waals surface area contributed by atoms with Crippen LogP contribution in [0.5, 0.6) is 0 Å². The first-order valence-corrected chi connectivity index (χ1v) is 7.97. The number of nitrogens with one attached hydrogen (secondary N) is 1. The zero-order chi connectivity index (χ0) is 17.0. The number of carbonyl (C=O) groups excluding carboxylic acids is 1. The molecule has 1 heterocycles. The number of rotatable bonds is 4. The Morgan fingerprint density at radius 3 is 2.54 bits per heavy atom. The Labute approximate surface area is 139 Å². The van der Waals surface area contributed by atoms with Crippen molar-refractivity contribution < 1.29 is 18.3 Å². The molecule has 1 aliphatic heterocycles. The second-order valence-corrected chi connectivity index (χ2v) is 6.07. The fraction of sp³-hybridized carbons (Fsp3) is 0.316. The van der Waals surface area contributed by atoms with Crippen molar-refractivity contribution in [3.63, 3.8) is 0 Å². The van der Waals surface area contributed by atoms with E-state index >= 15 is 0 Å². The second kappa shape index (κ2) is 7.09. The molecule has 2 aromatic rings. The van der Waals surface area contributed by atoms with Crippen molar-refractivity contribution in [1.29, 1.82) is 0 Å². The average Bonchev–Trinajstić information content (AvgIpc) is 2.61. The number of amides is 1. The molecule has 0 radical (unpaired) electrons. The Hall–Kier alpha value is -2.27. The quantitative estimate of drug-likeness (QED) is 0.932. The maximum atomic E-state index is 13.7. The molecule has 0 aliphatic carbocycles. The highest BCUT2D eigenvalue weighted by molar-refractivity contribution is 5.94. The van der Waals surface area contributed by atoms with Crippen molar-refractivity contribution in [3.05, 3.63) is 71.3 Å². The van der Waals surface area contributed by atoms with E-state index in [4.69, 9.17) is 4.74 Å². The molecule has 1 amide bonds. The van der Waals surface area contributed by atoms with Gasteiger partial charge >= 0.3 is 0 Å². The third-order valence-corrected chi connectivity index (χ3v) is 4.59. The number of hydrogen-bond acceptors (Lipinski definition) is 2. The summed E-state index contributed by atoms with van der Waals surface area (Å²) >= 11 is 0. The highest BCUT2D eigenvalue weighted by atomic mass is 19.1. The van der Waals surface area contributed by atoms with Crippen LogP contribution in [0.2, 0.25) is 0 Å². The van der Waals surface area contributed by atoms with Crippen LogP contribution in [-0.2, 0) is 10.2 Å². The van der Waals surface area contributed by atoms with Crippen LogP contribution in [0.1, 0.15) is 28.8 Å². The molecule has 24 heavy (non-hydrogen) atoms. The van der Waals surface area contributed by atoms with Gasteiger partial charge in [-0.2, -0.15) is 0 Å². The minimum atomic E-state index is -0.554. The van der Waals surface area contributed by atoms with Crippen LogP contribution in [0.4, 0.5) is 8.78 Å². The smallest absolute Gasteiger partial charge is 0.254 e. The lowest BCUT2D eigenvalue weighted by atomic mass is 9.74. The van der Waals surface area contributed by atoms with E-state index in [1.54, 1.807) is 18.2 Å². The number of carbonyl (C=O) groups is 1. The standard InChI is InChI=1S/C19H19F2NO2/c20-15-5-3-4-14(12-15)19(8-10-24-11-9-19)13-22-18(23)16-6-1-2-7-17(16)21/h1-7,12H,8-11,13H2,(H,22,23). The Morgan fingerprint density at radius 1 is 1.08 bits per heavy atom. The summed E-state index contributed by atoms with van der Waals surface area (Å²) < 4.78 is 32.8. The molecular weight excluding hydrogens is 312 g/mol. The van der Waals surface area contributed by atoms with Gasteiger partial charge in [0, 0.05) is 25.2 Å². The van der Waals surface area contributed by atoms with E-state index in [-0.39, 0.29) is 11.4 Å². The van der Waals surface area contributed by atoms with Crippen LogP contribution >= 0.6 is 0 Å². The van der Waals surface area contributed by atoms with Gasteiger partial charge in [0.1, 0.15) is 11.6 Å². The van der Waals surface area contributed by atoms with Crippen LogP contribution in [0.3, 0.4) is 0 Å². The molecule has 126 valence electrons. The number of hydrogen-bond donors (Lipinski definition) is 1. The lowest BCUT2D eigenvalue weighted by molar-refractivity contribution is 0.0486. The lowest BCUT2D eigenvalue weighted by Gasteiger charge is -2.38. The van der Waals surface area contributed by atoms with Crippen LogP contribution in [0, 0.1) is 11.6 Å².